The molecule has 5 nitrogen and oxygen atoms in total. The Morgan fingerprint density at radius 1 is 1.19 bits per heavy atom. The molecule has 0 saturated carbocycles. The molecular formula is C25H32ClN3O2Si. The fourth-order valence-electron chi connectivity index (χ4n) is 3.26. The van der Waals surface area contributed by atoms with Crippen LogP contribution in [-0.4, -0.2) is 22.9 Å². The molecule has 0 aromatic carbocycles. The topological polar surface area (TPSA) is 57.0 Å². The van der Waals surface area contributed by atoms with Gasteiger partial charge in [-0.1, -0.05) is 44.5 Å². The average molecular weight is 471 g/mol. The zero-order valence-electron chi connectivity index (χ0n) is 21.1. The molecule has 32 heavy (non-hydrogen) atoms. The van der Waals surface area contributed by atoms with Crippen molar-refractivity contribution in [3.8, 4) is 11.1 Å². The van der Waals surface area contributed by atoms with Crippen LogP contribution in [0.3, 0.4) is 0 Å². The van der Waals surface area contributed by atoms with Crippen LogP contribution in [0.2, 0.25) is 23.3 Å². The molecule has 1 atom stereocenters. The summed E-state index contributed by atoms with van der Waals surface area (Å²) in [4.78, 5) is 21.9. The van der Waals surface area contributed by atoms with E-state index in [0.717, 1.165) is 10.9 Å². The molecule has 1 unspecified atom stereocenters. The molecule has 0 amide bonds. The molecule has 0 N–H and O–H groups in total. The predicted octanol–water partition coefficient (Wildman–Crippen LogP) is 6.60. The largest absolute Gasteiger partial charge is 0.405 e. The number of aryl methyl sites for hydroxylation is 2. The lowest BCUT2D eigenvalue weighted by atomic mass is 10.0. The number of allylic oxidation sites excluding steroid dienone is 1. The van der Waals surface area contributed by atoms with E-state index in [2.05, 4.69) is 43.8 Å². The number of hydrogen-bond donors (Lipinski definition) is 0. The molecule has 0 fully saturated rings. The summed E-state index contributed by atoms with van der Waals surface area (Å²) in [6.45, 7) is 14.5. The Hall–Kier alpha value is -2.28. The predicted molar refractivity (Wildman–Crippen MR) is 136 cm³/mol. The highest BCUT2D eigenvalue weighted by Gasteiger charge is 2.39. The lowest BCUT2D eigenvalue weighted by molar-refractivity contribution is 0.225. The van der Waals surface area contributed by atoms with Gasteiger partial charge in [-0.05, 0) is 55.7 Å². The summed E-state index contributed by atoms with van der Waals surface area (Å²) in [5, 5.41) is 1.10. The zero-order valence-corrected chi connectivity index (χ0v) is 21.8. The van der Waals surface area contributed by atoms with Gasteiger partial charge in [0.05, 0.1) is 12.6 Å². The van der Waals surface area contributed by atoms with Crippen molar-refractivity contribution >= 4 is 30.8 Å². The fraction of sp³-hybridized carbons (Fsp3) is 0.400. The van der Waals surface area contributed by atoms with Gasteiger partial charge in [0, 0.05) is 36.0 Å². The van der Waals surface area contributed by atoms with Crippen molar-refractivity contribution in [2.75, 3.05) is 0 Å². The Morgan fingerprint density at radius 3 is 2.47 bits per heavy atom. The first-order valence-electron chi connectivity index (χ1n) is 11.2. The maximum atomic E-state index is 13.1. The minimum atomic E-state index is -2.26. The van der Waals surface area contributed by atoms with Crippen LogP contribution in [0.5, 0.6) is 0 Å². The molecule has 3 aromatic heterocycles. The molecule has 7 heteroatoms. The minimum Gasteiger partial charge on any atom is -0.405 e. The summed E-state index contributed by atoms with van der Waals surface area (Å²) in [5.74, 6) is 0. The molecule has 3 heterocycles. The lowest BCUT2D eigenvalue weighted by Crippen LogP contribution is -2.41. The average Bonchev–Trinajstić information content (AvgIpc) is 2.70. The maximum Gasteiger partial charge on any atom is 0.258 e. The van der Waals surface area contributed by atoms with Gasteiger partial charge in [0.2, 0.25) is 0 Å². The van der Waals surface area contributed by atoms with Gasteiger partial charge in [0.25, 0.3) is 5.56 Å². The Kier molecular flexibility index (Phi) is 6.39. The van der Waals surface area contributed by atoms with Gasteiger partial charge >= 0.3 is 0 Å². The van der Waals surface area contributed by atoms with Gasteiger partial charge in [-0.2, -0.15) is 0 Å². The number of rotatable bonds is 5. The normalized spacial score (nSPS) is 15.2. The van der Waals surface area contributed by atoms with Crippen LogP contribution in [0.4, 0.5) is 0 Å². The van der Waals surface area contributed by atoms with E-state index in [0.29, 0.717) is 27.5 Å². The van der Waals surface area contributed by atoms with Gasteiger partial charge in [0.1, 0.15) is 11.2 Å². The van der Waals surface area contributed by atoms with Crippen molar-refractivity contribution in [3.63, 3.8) is 0 Å². The van der Waals surface area contributed by atoms with Crippen molar-refractivity contribution < 1.29 is 5.80 Å². The van der Waals surface area contributed by atoms with Crippen LogP contribution in [0.15, 0.2) is 47.5 Å². The van der Waals surface area contributed by atoms with E-state index in [-0.39, 0.29) is 10.6 Å². The van der Waals surface area contributed by atoms with Gasteiger partial charge in [-0.3, -0.25) is 9.78 Å². The highest BCUT2D eigenvalue weighted by atomic mass is 35.5. The van der Waals surface area contributed by atoms with E-state index in [9.17, 15) is 4.79 Å². The molecular weight excluding hydrogens is 438 g/mol. The Labute approximate surface area is 197 Å². The van der Waals surface area contributed by atoms with Crippen LogP contribution in [0.1, 0.15) is 46.4 Å². The molecule has 170 valence electrons. The van der Waals surface area contributed by atoms with Crippen LogP contribution in [-0.2, 0) is 11.5 Å². The highest BCUT2D eigenvalue weighted by molar-refractivity contribution is 6.74. The summed E-state index contributed by atoms with van der Waals surface area (Å²) in [6.07, 6.45) is 5.47. The number of nitrogens with zero attached hydrogens (tertiary/aromatic N) is 3. The van der Waals surface area contributed by atoms with Crippen LogP contribution in [0.25, 0.3) is 22.0 Å². The Morgan fingerprint density at radius 2 is 1.88 bits per heavy atom. The Bertz CT molecular complexity index is 1300. The molecule has 3 aromatic rings. The first kappa shape index (κ1) is 22.9. The first-order valence-corrected chi connectivity index (χ1v) is 14.0. The summed E-state index contributed by atoms with van der Waals surface area (Å²) < 4.78 is 17.2. The lowest BCUT2D eigenvalue weighted by Gasteiger charge is -2.38. The molecule has 0 radical (unpaired) electrons. The number of fused-ring (bicyclic) bond motifs is 1. The highest BCUT2D eigenvalue weighted by Crippen LogP contribution is 2.40. The van der Waals surface area contributed by atoms with Gasteiger partial charge in [0.15, 0.2) is 8.32 Å². The Balaban J connectivity index is 2.13. The number of aromatic nitrogens is 3. The molecule has 0 aliphatic heterocycles. The van der Waals surface area contributed by atoms with Crippen LogP contribution >= 0.6 is 11.6 Å². The van der Waals surface area contributed by atoms with Crippen molar-refractivity contribution in [1.82, 2.24) is 14.5 Å². The van der Waals surface area contributed by atoms with Gasteiger partial charge in [-0.25, -0.2) is 4.98 Å². The van der Waals surface area contributed by atoms with Crippen LogP contribution in [0, 0.1) is 6.92 Å². The number of halogens is 1. The van der Waals surface area contributed by atoms with Crippen molar-refractivity contribution in [3.05, 3.63) is 69.5 Å². The summed E-state index contributed by atoms with van der Waals surface area (Å²) >= 11 is 6.02. The second-order valence-corrected chi connectivity index (χ2v) is 14.7. The molecule has 3 rings (SSSR count). The molecule has 0 aliphatic carbocycles. The van der Waals surface area contributed by atoms with Gasteiger partial charge < -0.3 is 8.99 Å². The SMILES string of the molecule is [2H]C(C=CC)(O[Si](C)(C)C(C)(C)C)c1cc(C)c(-c2cc3cnc(Cl)cc3n(C)c2=O)cn1. The summed E-state index contributed by atoms with van der Waals surface area (Å²) in [5.41, 5.74) is 3.15. The number of hydrogen-bond acceptors (Lipinski definition) is 4. The van der Waals surface area contributed by atoms with E-state index in [1.54, 1.807) is 36.2 Å². The third-order valence-corrected chi connectivity index (χ3v) is 10.8. The maximum absolute atomic E-state index is 13.1. The molecule has 0 aliphatic rings. The van der Waals surface area contributed by atoms with E-state index in [1.807, 2.05) is 32.1 Å². The number of pyridine rings is 3. The van der Waals surface area contributed by atoms with Crippen molar-refractivity contribution in [2.24, 2.45) is 7.05 Å². The van der Waals surface area contributed by atoms with E-state index in [4.69, 9.17) is 17.4 Å². The quantitative estimate of drug-likeness (QED) is 0.239. The van der Waals surface area contributed by atoms with Gasteiger partial charge in [-0.15, -0.1) is 0 Å². The smallest absolute Gasteiger partial charge is 0.258 e. The summed E-state index contributed by atoms with van der Waals surface area (Å²) in [6, 6.07) is 5.34. The molecule has 0 spiro atoms. The molecule has 0 saturated heterocycles. The minimum absolute atomic E-state index is 0.0515. The second-order valence-electron chi connectivity index (χ2n) is 9.60. The summed E-state index contributed by atoms with van der Waals surface area (Å²) in [7, 11) is -0.539. The first-order chi connectivity index (χ1) is 15.2. The monoisotopic (exact) mass is 470 g/mol. The standard InChI is InChI=1S/C25H32ClN3O2Si/c1-9-10-22(31-32(7,8)25(3,4)5)20-11-16(2)19(15-27-20)18-12-17-14-28-23(26)13-21(17)29(6)24(18)30/h9-15,22H,1-8H3/i22D. The van der Waals surface area contributed by atoms with Crippen molar-refractivity contribution in [1.29, 1.82) is 0 Å². The molecule has 0 bridgehead atoms. The van der Waals surface area contributed by atoms with E-state index in [1.165, 1.54) is 0 Å². The van der Waals surface area contributed by atoms with E-state index >= 15 is 0 Å². The zero-order chi connectivity index (χ0) is 24.8. The van der Waals surface area contributed by atoms with Crippen molar-refractivity contribution in [2.45, 2.75) is 58.8 Å². The third kappa shape index (κ3) is 4.72. The van der Waals surface area contributed by atoms with E-state index < -0.39 is 14.4 Å². The fourth-order valence-corrected chi connectivity index (χ4v) is 4.44. The second kappa shape index (κ2) is 8.93. The third-order valence-electron chi connectivity index (χ3n) is 6.22. The van der Waals surface area contributed by atoms with Crippen LogP contribution < -0.4 is 5.56 Å².